The average molecular weight is 417 g/mol. The van der Waals surface area contributed by atoms with Gasteiger partial charge in [-0.2, -0.15) is 0 Å². The van der Waals surface area contributed by atoms with Crippen molar-refractivity contribution in [2.75, 3.05) is 0 Å². The molecule has 2 aromatic rings. The van der Waals surface area contributed by atoms with Crippen LogP contribution in [0.4, 0.5) is 0 Å². The van der Waals surface area contributed by atoms with Crippen molar-refractivity contribution in [1.29, 1.82) is 0 Å². The number of aliphatic carboxylic acids is 1. The van der Waals surface area contributed by atoms with Crippen molar-refractivity contribution in [1.82, 2.24) is 0 Å². The van der Waals surface area contributed by atoms with E-state index in [0.29, 0.717) is 24.0 Å². The minimum atomic E-state index is -0.939. The molecule has 0 saturated heterocycles. The van der Waals surface area contributed by atoms with Crippen LogP contribution < -0.4 is 0 Å². The molecule has 0 aromatic heterocycles. The number of benzene rings is 2. The second-order valence-electron chi connectivity index (χ2n) is 6.67. The number of carbonyl (C=O) groups is 4. The summed E-state index contributed by atoms with van der Waals surface area (Å²) in [5.74, 6) is -0.955. The zero-order valence-corrected chi connectivity index (χ0v) is 17.0. The smallest absolute Gasteiger partial charge is 0.303 e. The zero-order chi connectivity index (χ0) is 21.1. The van der Waals surface area contributed by atoms with E-state index in [1.807, 2.05) is 38.1 Å². The number of carboxylic acid groups (broad SMARTS) is 1. The second-order valence-corrected chi connectivity index (χ2v) is 6.67. The van der Waals surface area contributed by atoms with Crippen molar-refractivity contribution in [3.8, 4) is 0 Å². The summed E-state index contributed by atoms with van der Waals surface area (Å²) < 4.78 is 0. The fourth-order valence-corrected chi connectivity index (χ4v) is 2.28. The summed E-state index contributed by atoms with van der Waals surface area (Å²) in [6, 6.07) is 14.5. The van der Waals surface area contributed by atoms with Crippen LogP contribution in [0.3, 0.4) is 0 Å². The molecule has 6 heteroatoms. The maximum atomic E-state index is 11.5. The maximum Gasteiger partial charge on any atom is 0.303 e. The normalized spacial score (nSPS) is 9.17. The number of Topliss-reactive ketones (excluding diaryl/α,β-unsaturated/α-hetero) is 3. The largest absolute Gasteiger partial charge is 0.481 e. The molecule has 164 valence electrons. The molecular weight excluding hydrogens is 384 g/mol. The average Bonchev–Trinajstić information content (AvgIpc) is 2.65. The minimum absolute atomic E-state index is 0. The standard InChI is InChI=1S/C12H14O2.C11H12O3.CH4.H2O/c1-9-3-6-11(7-4-9)12(14)8-5-10(2)13;1-8-2-4-9(5-3-8)10(12)6-7-11(13)14;;/h3-4,6-7H,5,8H2,1-2H3;2-5H,6-7H2,1H3,(H,13,14);1H4;1H2. The SMILES string of the molecule is C.CC(=O)CCC(=O)c1ccc(C)cc1.Cc1ccc(C(=O)CCC(=O)O)cc1.O. The molecule has 0 bridgehead atoms. The molecule has 0 spiro atoms. The van der Waals surface area contributed by atoms with E-state index >= 15 is 0 Å². The van der Waals surface area contributed by atoms with Crippen molar-refractivity contribution < 1.29 is 29.8 Å². The Hall–Kier alpha value is -3.12. The minimum Gasteiger partial charge on any atom is -0.481 e. The van der Waals surface area contributed by atoms with Gasteiger partial charge in [-0.15, -0.1) is 0 Å². The Morgan fingerprint density at radius 1 is 0.667 bits per heavy atom. The predicted molar refractivity (Wildman–Crippen MR) is 118 cm³/mol. The predicted octanol–water partition coefficient (Wildman–Crippen LogP) is 4.40. The summed E-state index contributed by atoms with van der Waals surface area (Å²) in [6.07, 6.45) is 0.621. The van der Waals surface area contributed by atoms with Gasteiger partial charge in [0.05, 0.1) is 6.42 Å². The molecular formula is C24H32O6. The first-order valence-electron chi connectivity index (χ1n) is 9.10. The lowest BCUT2D eigenvalue weighted by atomic mass is 10.0. The lowest BCUT2D eigenvalue weighted by Gasteiger charge is -1.99. The van der Waals surface area contributed by atoms with Gasteiger partial charge in [0.25, 0.3) is 0 Å². The molecule has 0 radical (unpaired) electrons. The van der Waals surface area contributed by atoms with Gasteiger partial charge < -0.3 is 15.4 Å². The van der Waals surface area contributed by atoms with Crippen LogP contribution in [0.2, 0.25) is 0 Å². The van der Waals surface area contributed by atoms with Crippen LogP contribution in [-0.4, -0.2) is 33.9 Å². The molecule has 3 N–H and O–H groups in total. The summed E-state index contributed by atoms with van der Waals surface area (Å²) in [4.78, 5) is 43.8. The van der Waals surface area contributed by atoms with Gasteiger partial charge in [0.2, 0.25) is 0 Å². The second kappa shape index (κ2) is 14.8. The van der Waals surface area contributed by atoms with Crippen molar-refractivity contribution in [2.24, 2.45) is 0 Å². The first-order chi connectivity index (χ1) is 13.2. The van der Waals surface area contributed by atoms with Crippen molar-refractivity contribution in [3.63, 3.8) is 0 Å². The Kier molecular flexibility index (Phi) is 14.4. The number of ketones is 3. The summed E-state index contributed by atoms with van der Waals surface area (Å²) in [5, 5.41) is 8.40. The van der Waals surface area contributed by atoms with Crippen molar-refractivity contribution in [2.45, 2.75) is 53.9 Å². The van der Waals surface area contributed by atoms with Crippen LogP contribution in [0, 0.1) is 13.8 Å². The highest BCUT2D eigenvalue weighted by atomic mass is 16.4. The molecule has 0 unspecified atom stereocenters. The maximum absolute atomic E-state index is 11.5. The van der Waals surface area contributed by atoms with Gasteiger partial charge in [0.15, 0.2) is 11.6 Å². The highest BCUT2D eigenvalue weighted by molar-refractivity contribution is 5.98. The summed E-state index contributed by atoms with van der Waals surface area (Å²) in [7, 11) is 0. The first-order valence-corrected chi connectivity index (χ1v) is 9.10. The van der Waals surface area contributed by atoms with E-state index in [0.717, 1.165) is 11.1 Å². The van der Waals surface area contributed by atoms with Crippen molar-refractivity contribution >= 4 is 23.3 Å². The fraction of sp³-hybridized carbons (Fsp3) is 0.333. The topological polar surface area (TPSA) is 120 Å². The molecule has 0 aliphatic carbocycles. The number of rotatable bonds is 8. The molecule has 30 heavy (non-hydrogen) atoms. The summed E-state index contributed by atoms with van der Waals surface area (Å²) in [5.41, 5.74) is 3.49. The quantitative estimate of drug-likeness (QED) is 0.639. The zero-order valence-electron chi connectivity index (χ0n) is 17.0. The van der Waals surface area contributed by atoms with Gasteiger partial charge >= 0.3 is 5.97 Å². The highest BCUT2D eigenvalue weighted by Crippen LogP contribution is 2.08. The van der Waals surface area contributed by atoms with E-state index < -0.39 is 5.97 Å². The Labute approximate surface area is 178 Å². The van der Waals surface area contributed by atoms with Crippen LogP contribution in [-0.2, 0) is 9.59 Å². The Balaban J connectivity index is 0. The first kappa shape index (κ1) is 29.1. The number of aryl methyl sites for hydroxylation is 2. The van der Waals surface area contributed by atoms with E-state index in [9.17, 15) is 19.2 Å². The van der Waals surface area contributed by atoms with Crippen molar-refractivity contribution in [3.05, 3.63) is 70.8 Å². The number of hydrogen-bond donors (Lipinski definition) is 1. The van der Waals surface area contributed by atoms with Crippen LogP contribution >= 0.6 is 0 Å². The number of hydrogen-bond acceptors (Lipinski definition) is 4. The molecule has 6 nitrogen and oxygen atoms in total. The molecule has 2 rings (SSSR count). The van der Waals surface area contributed by atoms with E-state index in [-0.39, 0.29) is 43.1 Å². The Morgan fingerprint density at radius 2 is 1.00 bits per heavy atom. The molecule has 0 amide bonds. The van der Waals surface area contributed by atoms with E-state index in [2.05, 4.69) is 0 Å². The third kappa shape index (κ3) is 11.7. The Morgan fingerprint density at radius 3 is 1.30 bits per heavy atom. The molecule has 0 aliphatic rings. The summed E-state index contributed by atoms with van der Waals surface area (Å²) in [6.45, 7) is 5.41. The monoisotopic (exact) mass is 416 g/mol. The fourth-order valence-electron chi connectivity index (χ4n) is 2.28. The molecule has 2 aromatic carbocycles. The van der Waals surface area contributed by atoms with Gasteiger partial charge in [-0.1, -0.05) is 67.1 Å². The molecule has 0 heterocycles. The van der Waals surface area contributed by atoms with E-state index in [1.54, 1.807) is 24.3 Å². The van der Waals surface area contributed by atoms with Crippen LogP contribution in [0.25, 0.3) is 0 Å². The van der Waals surface area contributed by atoms with E-state index in [1.165, 1.54) is 6.92 Å². The lowest BCUT2D eigenvalue weighted by molar-refractivity contribution is -0.137. The van der Waals surface area contributed by atoms with Gasteiger partial charge in [-0.3, -0.25) is 14.4 Å². The van der Waals surface area contributed by atoms with Crippen LogP contribution in [0.15, 0.2) is 48.5 Å². The number of carbonyl (C=O) groups excluding carboxylic acids is 3. The summed E-state index contributed by atoms with van der Waals surface area (Å²) >= 11 is 0. The van der Waals surface area contributed by atoms with E-state index in [4.69, 9.17) is 5.11 Å². The highest BCUT2D eigenvalue weighted by Gasteiger charge is 2.07. The number of carboxylic acids is 1. The Bertz CT molecular complexity index is 748. The van der Waals surface area contributed by atoms with Gasteiger partial charge in [0, 0.05) is 30.4 Å². The third-order valence-corrected chi connectivity index (χ3v) is 4.02. The van der Waals surface area contributed by atoms with Gasteiger partial charge in [-0.25, -0.2) is 0 Å². The molecule has 0 aliphatic heterocycles. The molecule has 0 atom stereocenters. The van der Waals surface area contributed by atoms with Crippen LogP contribution in [0.5, 0.6) is 0 Å². The molecule has 0 fully saturated rings. The molecule has 0 saturated carbocycles. The third-order valence-electron chi connectivity index (χ3n) is 4.02. The lowest BCUT2D eigenvalue weighted by Crippen LogP contribution is -2.03. The van der Waals surface area contributed by atoms with Gasteiger partial charge in [-0.05, 0) is 20.8 Å². The van der Waals surface area contributed by atoms with Crippen LogP contribution in [0.1, 0.15) is 71.9 Å². The van der Waals surface area contributed by atoms with Gasteiger partial charge in [0.1, 0.15) is 5.78 Å².